The molecule has 0 atom stereocenters. The molecule has 1 aromatic heterocycles. The van der Waals surface area contributed by atoms with Crippen LogP contribution in [0.2, 0.25) is 0 Å². The van der Waals surface area contributed by atoms with E-state index in [0.717, 1.165) is 17.0 Å². The number of aromatic nitrogens is 1. The summed E-state index contributed by atoms with van der Waals surface area (Å²) in [5, 5.41) is 2.37. The van der Waals surface area contributed by atoms with Crippen molar-refractivity contribution in [2.45, 2.75) is 42.9 Å². The Morgan fingerprint density at radius 3 is 2.58 bits per heavy atom. The molecule has 1 saturated carbocycles. The van der Waals surface area contributed by atoms with Gasteiger partial charge in [-0.3, -0.25) is 4.98 Å². The number of benzene rings is 2. The number of hydrogen-bond acceptors (Lipinski definition) is 3. The van der Waals surface area contributed by atoms with Crippen LogP contribution in [0.25, 0.3) is 10.8 Å². The molecule has 0 saturated heterocycles. The van der Waals surface area contributed by atoms with Gasteiger partial charge in [0, 0.05) is 28.1 Å². The lowest BCUT2D eigenvalue weighted by Gasteiger charge is -2.22. The van der Waals surface area contributed by atoms with Gasteiger partial charge in [0.2, 0.25) is 0 Å². The minimum absolute atomic E-state index is 0.774. The van der Waals surface area contributed by atoms with E-state index < -0.39 is 0 Å². The van der Waals surface area contributed by atoms with Crippen LogP contribution >= 0.6 is 11.9 Å². The molecule has 2 nitrogen and oxygen atoms in total. The maximum absolute atomic E-state index is 4.19. The molecule has 1 heterocycles. The predicted octanol–water partition coefficient (Wildman–Crippen LogP) is 6.40. The van der Waals surface area contributed by atoms with E-state index in [1.54, 1.807) is 11.9 Å². The lowest BCUT2D eigenvalue weighted by molar-refractivity contribution is 0.443. The summed E-state index contributed by atoms with van der Waals surface area (Å²) < 4.78 is 3.49. The van der Waals surface area contributed by atoms with Crippen LogP contribution in [-0.4, -0.2) is 4.98 Å². The van der Waals surface area contributed by atoms with Gasteiger partial charge in [-0.25, -0.2) is 0 Å². The second kappa shape index (κ2) is 7.27. The van der Waals surface area contributed by atoms with Crippen LogP contribution in [0.3, 0.4) is 0 Å². The second-order valence-corrected chi connectivity index (χ2v) is 7.39. The van der Waals surface area contributed by atoms with Crippen LogP contribution < -0.4 is 4.72 Å². The van der Waals surface area contributed by atoms with Gasteiger partial charge in [0.15, 0.2) is 0 Å². The minimum Gasteiger partial charge on any atom is -0.325 e. The highest BCUT2D eigenvalue weighted by molar-refractivity contribution is 8.00. The van der Waals surface area contributed by atoms with Gasteiger partial charge in [-0.1, -0.05) is 43.5 Å². The Kier molecular flexibility index (Phi) is 4.70. The normalized spacial score (nSPS) is 15.5. The van der Waals surface area contributed by atoms with Gasteiger partial charge in [0.1, 0.15) is 0 Å². The van der Waals surface area contributed by atoms with Gasteiger partial charge in [-0.2, -0.15) is 0 Å². The summed E-state index contributed by atoms with van der Waals surface area (Å²) in [7, 11) is 0. The van der Waals surface area contributed by atoms with Crippen molar-refractivity contribution >= 4 is 28.4 Å². The van der Waals surface area contributed by atoms with Crippen molar-refractivity contribution in [1.29, 1.82) is 0 Å². The van der Waals surface area contributed by atoms with E-state index in [1.807, 2.05) is 12.4 Å². The zero-order valence-corrected chi connectivity index (χ0v) is 14.6. The van der Waals surface area contributed by atoms with E-state index in [0.29, 0.717) is 0 Å². The molecule has 4 rings (SSSR count). The summed E-state index contributed by atoms with van der Waals surface area (Å²) in [6.45, 7) is 0. The Morgan fingerprint density at radius 2 is 1.75 bits per heavy atom. The molecule has 1 aliphatic carbocycles. The largest absolute Gasteiger partial charge is 0.325 e. The summed E-state index contributed by atoms with van der Waals surface area (Å²) in [4.78, 5) is 5.44. The molecular formula is C21H22N2S. The Hall–Kier alpha value is -2.00. The molecule has 0 aliphatic heterocycles. The molecule has 0 bridgehead atoms. The Morgan fingerprint density at radius 1 is 0.917 bits per heavy atom. The van der Waals surface area contributed by atoms with Gasteiger partial charge in [-0.05, 0) is 60.5 Å². The molecule has 0 spiro atoms. The van der Waals surface area contributed by atoms with Crippen LogP contribution in [0.4, 0.5) is 5.69 Å². The van der Waals surface area contributed by atoms with Crippen LogP contribution in [0.1, 0.15) is 43.6 Å². The summed E-state index contributed by atoms with van der Waals surface area (Å²) in [6.07, 6.45) is 10.6. The van der Waals surface area contributed by atoms with Crippen LogP contribution in [0.5, 0.6) is 0 Å². The fourth-order valence-electron chi connectivity index (χ4n) is 3.57. The smallest absolute Gasteiger partial charge is 0.0523 e. The van der Waals surface area contributed by atoms with Crippen LogP contribution in [-0.2, 0) is 0 Å². The molecule has 0 radical (unpaired) electrons. The first-order valence-electron chi connectivity index (χ1n) is 8.76. The quantitative estimate of drug-likeness (QED) is 0.559. The van der Waals surface area contributed by atoms with Crippen LogP contribution in [0, 0.1) is 0 Å². The number of nitrogens with zero attached hydrogens (tertiary/aromatic N) is 1. The van der Waals surface area contributed by atoms with Crippen molar-refractivity contribution in [2.75, 3.05) is 4.72 Å². The summed E-state index contributed by atoms with van der Waals surface area (Å²) in [5.74, 6) is 0.774. The first-order valence-corrected chi connectivity index (χ1v) is 9.57. The molecule has 2 aromatic carbocycles. The highest BCUT2D eigenvalue weighted by atomic mass is 32.2. The lowest BCUT2D eigenvalue weighted by atomic mass is 9.84. The molecule has 0 unspecified atom stereocenters. The third-order valence-electron chi connectivity index (χ3n) is 4.92. The maximum Gasteiger partial charge on any atom is 0.0523 e. The number of fused-ring (bicyclic) bond motifs is 1. The third kappa shape index (κ3) is 3.41. The van der Waals surface area contributed by atoms with E-state index in [-0.39, 0.29) is 0 Å². The fourth-order valence-corrected chi connectivity index (χ4v) is 4.25. The van der Waals surface area contributed by atoms with Gasteiger partial charge in [0.25, 0.3) is 0 Å². The molecule has 1 fully saturated rings. The zero-order valence-electron chi connectivity index (χ0n) is 13.7. The summed E-state index contributed by atoms with van der Waals surface area (Å²) in [5.41, 5.74) is 2.64. The number of nitrogens with one attached hydrogen (secondary N) is 1. The van der Waals surface area contributed by atoms with E-state index in [1.165, 1.54) is 47.9 Å². The van der Waals surface area contributed by atoms with E-state index in [9.17, 15) is 0 Å². The Bertz CT molecular complexity index is 802. The standard InChI is InChI=1S/C21H22N2S/c1-2-5-16(6-3-1)17-9-11-19(12-10-17)24-23-21-8-4-7-18-15-22-14-13-20(18)21/h4,7-16,23H,1-3,5-6H2. The number of anilines is 1. The number of pyridine rings is 1. The van der Waals surface area contributed by atoms with Gasteiger partial charge in [-0.15, -0.1) is 0 Å². The highest BCUT2D eigenvalue weighted by Gasteiger charge is 2.15. The first kappa shape index (κ1) is 15.5. The van der Waals surface area contributed by atoms with Crippen molar-refractivity contribution in [3.63, 3.8) is 0 Å². The molecule has 1 N–H and O–H groups in total. The Labute approximate surface area is 147 Å². The molecular weight excluding hydrogens is 312 g/mol. The van der Waals surface area contributed by atoms with E-state index in [4.69, 9.17) is 0 Å². The maximum atomic E-state index is 4.19. The second-order valence-electron chi connectivity index (χ2n) is 6.51. The first-order chi connectivity index (χ1) is 11.9. The molecule has 3 aromatic rings. The van der Waals surface area contributed by atoms with Crippen molar-refractivity contribution in [3.05, 3.63) is 66.5 Å². The van der Waals surface area contributed by atoms with Crippen molar-refractivity contribution in [1.82, 2.24) is 4.98 Å². The fraction of sp³-hybridized carbons (Fsp3) is 0.286. The summed E-state index contributed by atoms with van der Waals surface area (Å²) in [6, 6.07) is 17.5. The molecule has 3 heteroatoms. The number of hydrogen-bond donors (Lipinski definition) is 1. The monoisotopic (exact) mass is 334 g/mol. The zero-order chi connectivity index (χ0) is 16.2. The minimum atomic E-state index is 0.774. The van der Waals surface area contributed by atoms with Gasteiger partial charge < -0.3 is 4.72 Å². The Balaban J connectivity index is 1.45. The van der Waals surface area contributed by atoms with Crippen molar-refractivity contribution in [3.8, 4) is 0 Å². The highest BCUT2D eigenvalue weighted by Crippen LogP contribution is 2.34. The van der Waals surface area contributed by atoms with Crippen molar-refractivity contribution in [2.24, 2.45) is 0 Å². The van der Waals surface area contributed by atoms with Crippen molar-refractivity contribution < 1.29 is 0 Å². The summed E-state index contributed by atoms with van der Waals surface area (Å²) >= 11 is 1.67. The number of rotatable bonds is 4. The average Bonchev–Trinajstić information content (AvgIpc) is 2.67. The van der Waals surface area contributed by atoms with E-state index >= 15 is 0 Å². The van der Waals surface area contributed by atoms with Gasteiger partial charge >= 0.3 is 0 Å². The molecule has 1 aliphatic rings. The average molecular weight is 334 g/mol. The molecule has 24 heavy (non-hydrogen) atoms. The SMILES string of the molecule is c1cc(NSc2ccc(C3CCCCC3)cc2)c2ccncc2c1. The van der Waals surface area contributed by atoms with Crippen LogP contribution in [0.15, 0.2) is 65.8 Å². The van der Waals surface area contributed by atoms with Gasteiger partial charge in [0.05, 0.1) is 5.69 Å². The molecule has 122 valence electrons. The van der Waals surface area contributed by atoms with E-state index in [2.05, 4.69) is 58.2 Å². The predicted molar refractivity (Wildman–Crippen MR) is 103 cm³/mol. The molecule has 0 amide bonds. The topological polar surface area (TPSA) is 24.9 Å². The third-order valence-corrected chi connectivity index (χ3v) is 5.75. The lowest BCUT2D eigenvalue weighted by Crippen LogP contribution is -2.04.